The van der Waals surface area contributed by atoms with Crippen molar-refractivity contribution < 1.29 is 38.5 Å². The molecule has 0 heterocycles. The van der Waals surface area contributed by atoms with Crippen molar-refractivity contribution in [1.29, 1.82) is 0 Å². The Bertz CT molecular complexity index is 301. The number of carbonyl (C=O) groups is 2. The number of carbonyl (C=O) groups excluding carboxylic acids is 2. The molecular weight excluding hydrogens is 340 g/mol. The molecule has 0 spiro atoms. The van der Waals surface area contributed by atoms with E-state index in [1.165, 1.54) is 61.3 Å². The van der Waals surface area contributed by atoms with Gasteiger partial charge in [0.1, 0.15) is 0 Å². The molecule has 0 aliphatic rings. The standard InChI is InChI=1S/2C8H20N.C2H2O6/c2*1-5-9(6-2,7-3)8-4;3-1(4)7-2(5)8-6/h2*5-8H2,1-4H3;6H,(H,3,4)/q2*+1;/p-2. The molecule has 0 N–H and O–H groups in total. The van der Waals surface area contributed by atoms with E-state index in [9.17, 15) is 14.7 Å². The van der Waals surface area contributed by atoms with E-state index in [0.29, 0.717) is 0 Å². The van der Waals surface area contributed by atoms with E-state index in [0.717, 1.165) is 0 Å². The molecule has 0 aliphatic heterocycles. The first-order valence-corrected chi connectivity index (χ1v) is 9.58. The number of rotatable bonds is 8. The Kier molecular flexibility index (Phi) is 19.3. The van der Waals surface area contributed by atoms with Crippen LogP contribution in [0.15, 0.2) is 0 Å². The van der Waals surface area contributed by atoms with Crippen LogP contribution in [0.4, 0.5) is 9.59 Å². The highest BCUT2D eigenvalue weighted by atomic mass is 17.2. The minimum absolute atomic E-state index is 1.28. The molecule has 8 nitrogen and oxygen atoms in total. The summed E-state index contributed by atoms with van der Waals surface area (Å²) >= 11 is 0. The van der Waals surface area contributed by atoms with Gasteiger partial charge < -0.3 is 33.7 Å². The molecule has 0 radical (unpaired) electrons. The van der Waals surface area contributed by atoms with Gasteiger partial charge in [0.15, 0.2) is 0 Å². The summed E-state index contributed by atoms with van der Waals surface area (Å²) in [4.78, 5) is 21.2. The van der Waals surface area contributed by atoms with E-state index >= 15 is 0 Å². The van der Waals surface area contributed by atoms with Crippen LogP contribution in [-0.4, -0.2) is 73.6 Å². The lowest BCUT2D eigenvalue weighted by Gasteiger charge is -2.34. The third kappa shape index (κ3) is 12.9. The van der Waals surface area contributed by atoms with Crippen LogP contribution in [0.2, 0.25) is 0 Å². The Hall–Kier alpha value is -1.38. The van der Waals surface area contributed by atoms with Gasteiger partial charge in [0, 0.05) is 0 Å². The smallest absolute Gasteiger partial charge is 0.428 e. The first kappa shape index (κ1) is 29.4. The Morgan fingerprint density at radius 2 is 0.885 bits per heavy atom. The van der Waals surface area contributed by atoms with Gasteiger partial charge in [0.25, 0.3) is 6.16 Å². The molecule has 0 aromatic rings. The van der Waals surface area contributed by atoms with Crippen LogP contribution >= 0.6 is 0 Å². The minimum atomic E-state index is -2.12. The van der Waals surface area contributed by atoms with E-state index in [1.807, 2.05) is 0 Å². The molecule has 0 saturated heterocycles. The fourth-order valence-corrected chi connectivity index (χ4v) is 2.77. The van der Waals surface area contributed by atoms with E-state index in [2.05, 4.69) is 65.0 Å². The third-order valence-corrected chi connectivity index (χ3v) is 5.60. The van der Waals surface area contributed by atoms with Gasteiger partial charge in [0.2, 0.25) is 0 Å². The van der Waals surface area contributed by atoms with E-state index in [4.69, 9.17) is 5.26 Å². The maximum Gasteiger partial charge on any atom is 0.428 e. The largest absolute Gasteiger partial charge is 0.660 e. The SMILES string of the molecule is CC[N+](CC)(CC)CC.CC[N+](CC)(CC)CC.O=C([O-])OC(=O)O[O-]. The lowest BCUT2D eigenvalue weighted by molar-refractivity contribution is -0.921. The predicted octanol–water partition coefficient (Wildman–Crippen LogP) is 1.52. The van der Waals surface area contributed by atoms with Gasteiger partial charge in [-0.3, -0.25) is 0 Å². The summed E-state index contributed by atoms with van der Waals surface area (Å²) in [7, 11) is 0. The average Bonchev–Trinajstić information content (AvgIpc) is 2.67. The van der Waals surface area contributed by atoms with Crippen molar-refractivity contribution in [3.63, 3.8) is 0 Å². The summed E-state index contributed by atoms with van der Waals surface area (Å²) < 4.78 is 5.59. The number of quaternary nitrogens is 2. The average molecular weight is 381 g/mol. The monoisotopic (exact) mass is 380 g/mol. The van der Waals surface area contributed by atoms with Crippen LogP contribution in [0.3, 0.4) is 0 Å². The highest BCUT2D eigenvalue weighted by Gasteiger charge is 2.16. The lowest BCUT2D eigenvalue weighted by atomic mass is 10.3. The van der Waals surface area contributed by atoms with E-state index in [1.54, 1.807) is 0 Å². The highest BCUT2D eigenvalue weighted by molar-refractivity contribution is 5.73. The van der Waals surface area contributed by atoms with Crippen molar-refractivity contribution in [2.24, 2.45) is 0 Å². The Balaban J connectivity index is -0.000000306. The number of hydrogen-bond acceptors (Lipinski definition) is 6. The zero-order valence-corrected chi connectivity index (χ0v) is 18.0. The lowest BCUT2D eigenvalue weighted by Crippen LogP contribution is -2.47. The molecule has 0 aliphatic carbocycles. The van der Waals surface area contributed by atoms with Gasteiger partial charge in [-0.15, -0.1) is 0 Å². The van der Waals surface area contributed by atoms with Gasteiger partial charge in [-0.25, -0.2) is 4.79 Å². The first-order chi connectivity index (χ1) is 12.1. The van der Waals surface area contributed by atoms with Crippen LogP contribution < -0.4 is 10.4 Å². The third-order valence-electron chi connectivity index (χ3n) is 5.60. The second-order valence-corrected chi connectivity index (χ2v) is 5.90. The van der Waals surface area contributed by atoms with Crippen molar-refractivity contribution in [1.82, 2.24) is 0 Å². The van der Waals surface area contributed by atoms with Crippen molar-refractivity contribution >= 4 is 12.3 Å². The highest BCUT2D eigenvalue weighted by Crippen LogP contribution is 2.03. The molecule has 0 bridgehead atoms. The molecule has 0 rings (SSSR count). The number of hydrogen-bond donors (Lipinski definition) is 0. The summed E-state index contributed by atoms with van der Waals surface area (Å²) in [6.07, 6.45) is -3.96. The summed E-state index contributed by atoms with van der Waals surface area (Å²) in [5.74, 6) is 0. The van der Waals surface area contributed by atoms with Crippen LogP contribution in [0.25, 0.3) is 0 Å². The summed E-state index contributed by atoms with van der Waals surface area (Å²) in [5, 5.41) is 18.1. The molecule has 0 unspecified atom stereocenters. The Morgan fingerprint density at radius 3 is 0.923 bits per heavy atom. The predicted molar refractivity (Wildman–Crippen MR) is 97.8 cm³/mol. The topological polar surface area (TPSA) is 98.7 Å². The molecule has 0 fully saturated rings. The summed E-state index contributed by atoms with van der Waals surface area (Å²) in [6.45, 7) is 28.4. The molecule has 0 saturated carbocycles. The number of carboxylic acid groups (broad SMARTS) is 1. The maximum absolute atomic E-state index is 9.44. The second-order valence-electron chi connectivity index (χ2n) is 5.90. The van der Waals surface area contributed by atoms with E-state index in [-0.39, 0.29) is 0 Å². The molecular formula is C18H40N2O6. The summed E-state index contributed by atoms with van der Waals surface area (Å²) in [5.41, 5.74) is 0. The van der Waals surface area contributed by atoms with Gasteiger partial charge in [-0.05, 0) is 55.4 Å². The maximum atomic E-state index is 9.44. The number of nitrogens with zero attached hydrogens (tertiary/aromatic N) is 2. The van der Waals surface area contributed by atoms with Gasteiger partial charge in [0.05, 0.1) is 52.4 Å². The fourth-order valence-electron chi connectivity index (χ4n) is 2.77. The van der Waals surface area contributed by atoms with Gasteiger partial charge in [-0.1, -0.05) is 0 Å². The van der Waals surface area contributed by atoms with Gasteiger partial charge in [-0.2, -0.15) is 0 Å². The molecule has 0 amide bonds. The zero-order chi connectivity index (χ0) is 21.2. The van der Waals surface area contributed by atoms with Crippen molar-refractivity contribution in [3.8, 4) is 0 Å². The van der Waals surface area contributed by atoms with Crippen molar-refractivity contribution in [2.45, 2.75) is 55.4 Å². The Morgan fingerprint density at radius 1 is 0.654 bits per heavy atom. The molecule has 8 heteroatoms. The molecule has 158 valence electrons. The zero-order valence-electron chi connectivity index (χ0n) is 18.0. The van der Waals surface area contributed by atoms with Gasteiger partial charge >= 0.3 is 6.16 Å². The van der Waals surface area contributed by atoms with Crippen LogP contribution in [0.5, 0.6) is 0 Å². The van der Waals surface area contributed by atoms with E-state index < -0.39 is 12.3 Å². The summed E-state index contributed by atoms with van der Waals surface area (Å²) in [6, 6.07) is 0. The quantitative estimate of drug-likeness (QED) is 0.208. The van der Waals surface area contributed by atoms with Crippen LogP contribution in [0, 0.1) is 0 Å². The van der Waals surface area contributed by atoms with Crippen LogP contribution in [-0.2, 0) is 9.62 Å². The van der Waals surface area contributed by atoms with Crippen molar-refractivity contribution in [3.05, 3.63) is 0 Å². The molecule has 0 aromatic carbocycles. The molecule has 0 atom stereocenters. The second kappa shape index (κ2) is 17.1. The first-order valence-electron chi connectivity index (χ1n) is 9.58. The Labute approximate surface area is 159 Å². The molecule has 26 heavy (non-hydrogen) atoms. The van der Waals surface area contributed by atoms with Crippen molar-refractivity contribution in [2.75, 3.05) is 52.4 Å². The minimum Gasteiger partial charge on any atom is -0.660 e. The normalized spacial score (nSPS) is 10.7. The van der Waals surface area contributed by atoms with Crippen LogP contribution in [0.1, 0.15) is 55.4 Å². The fraction of sp³-hybridized carbons (Fsp3) is 0.889. The molecule has 0 aromatic heterocycles. The number of ether oxygens (including phenoxy) is 1.